The van der Waals surface area contributed by atoms with Crippen molar-refractivity contribution in [2.75, 3.05) is 20.1 Å². The van der Waals surface area contributed by atoms with Crippen molar-refractivity contribution in [2.24, 2.45) is 0 Å². The van der Waals surface area contributed by atoms with Crippen LogP contribution >= 0.6 is 0 Å². The molecule has 3 heteroatoms. The SMILES string of the molecule is CNCC(C)(C)NCC(C)(C)c1ccncc1. The van der Waals surface area contributed by atoms with Gasteiger partial charge in [-0.15, -0.1) is 0 Å². The Labute approximate surface area is 105 Å². The van der Waals surface area contributed by atoms with Crippen molar-refractivity contribution >= 4 is 0 Å². The molecule has 0 aliphatic rings. The molecule has 0 spiro atoms. The third-order valence-corrected chi connectivity index (χ3v) is 3.09. The molecule has 0 aromatic carbocycles. The Morgan fingerprint density at radius 2 is 1.65 bits per heavy atom. The maximum absolute atomic E-state index is 4.07. The van der Waals surface area contributed by atoms with Crippen molar-refractivity contribution in [3.8, 4) is 0 Å². The Morgan fingerprint density at radius 3 is 2.18 bits per heavy atom. The molecule has 3 nitrogen and oxygen atoms in total. The molecule has 0 radical (unpaired) electrons. The third-order valence-electron chi connectivity index (χ3n) is 3.09. The lowest BCUT2D eigenvalue weighted by molar-refractivity contribution is 0.332. The Kier molecular flexibility index (Phi) is 4.66. The molecule has 1 heterocycles. The van der Waals surface area contributed by atoms with Crippen molar-refractivity contribution in [2.45, 2.75) is 38.6 Å². The van der Waals surface area contributed by atoms with Crippen LogP contribution in [-0.2, 0) is 5.41 Å². The van der Waals surface area contributed by atoms with Crippen molar-refractivity contribution in [1.29, 1.82) is 0 Å². The van der Waals surface area contributed by atoms with Crippen molar-refractivity contribution < 1.29 is 0 Å². The molecular formula is C14H25N3. The Morgan fingerprint density at radius 1 is 1.06 bits per heavy atom. The van der Waals surface area contributed by atoms with Gasteiger partial charge in [0.15, 0.2) is 0 Å². The van der Waals surface area contributed by atoms with Gasteiger partial charge in [0.05, 0.1) is 0 Å². The van der Waals surface area contributed by atoms with E-state index < -0.39 is 0 Å². The van der Waals surface area contributed by atoms with Crippen LogP contribution in [0.25, 0.3) is 0 Å². The number of nitrogens with zero attached hydrogens (tertiary/aromatic N) is 1. The number of rotatable bonds is 6. The highest BCUT2D eigenvalue weighted by Crippen LogP contribution is 2.22. The van der Waals surface area contributed by atoms with E-state index in [2.05, 4.69) is 55.4 Å². The fourth-order valence-corrected chi connectivity index (χ4v) is 1.87. The Bertz CT molecular complexity index is 331. The monoisotopic (exact) mass is 235 g/mol. The fourth-order valence-electron chi connectivity index (χ4n) is 1.87. The van der Waals surface area contributed by atoms with Crippen LogP contribution in [0.5, 0.6) is 0 Å². The lowest BCUT2D eigenvalue weighted by atomic mass is 9.84. The van der Waals surface area contributed by atoms with Crippen LogP contribution in [0.15, 0.2) is 24.5 Å². The molecule has 0 fully saturated rings. The summed E-state index contributed by atoms with van der Waals surface area (Å²) in [5.74, 6) is 0. The molecule has 1 rings (SSSR count). The van der Waals surface area contributed by atoms with Gasteiger partial charge in [0, 0.05) is 36.4 Å². The van der Waals surface area contributed by atoms with Gasteiger partial charge in [0.1, 0.15) is 0 Å². The predicted molar refractivity (Wildman–Crippen MR) is 73.3 cm³/mol. The summed E-state index contributed by atoms with van der Waals surface area (Å²) in [7, 11) is 1.98. The second-order valence-electron chi connectivity index (χ2n) is 5.89. The van der Waals surface area contributed by atoms with E-state index in [1.807, 2.05) is 19.4 Å². The van der Waals surface area contributed by atoms with Crippen molar-refractivity contribution in [3.63, 3.8) is 0 Å². The average Bonchev–Trinajstić information content (AvgIpc) is 2.28. The third kappa shape index (κ3) is 4.44. The molecule has 0 saturated heterocycles. The van der Waals surface area contributed by atoms with E-state index in [0.29, 0.717) is 0 Å². The summed E-state index contributed by atoms with van der Waals surface area (Å²) in [6.07, 6.45) is 3.71. The summed E-state index contributed by atoms with van der Waals surface area (Å²) in [5, 5.41) is 6.83. The van der Waals surface area contributed by atoms with Crippen LogP contribution < -0.4 is 10.6 Å². The van der Waals surface area contributed by atoms with Gasteiger partial charge < -0.3 is 10.6 Å². The van der Waals surface area contributed by atoms with Crippen LogP contribution in [0.1, 0.15) is 33.3 Å². The normalized spacial score (nSPS) is 12.8. The van der Waals surface area contributed by atoms with Gasteiger partial charge in [0.25, 0.3) is 0 Å². The van der Waals surface area contributed by atoms with Crippen molar-refractivity contribution in [1.82, 2.24) is 15.6 Å². The number of nitrogens with one attached hydrogen (secondary N) is 2. The molecule has 0 aliphatic heterocycles. The van der Waals surface area contributed by atoms with Gasteiger partial charge in [0.2, 0.25) is 0 Å². The number of pyridine rings is 1. The minimum absolute atomic E-state index is 0.110. The summed E-state index contributed by atoms with van der Waals surface area (Å²) >= 11 is 0. The highest BCUT2D eigenvalue weighted by molar-refractivity contribution is 5.21. The molecule has 0 saturated carbocycles. The second-order valence-corrected chi connectivity index (χ2v) is 5.89. The first-order valence-electron chi connectivity index (χ1n) is 6.17. The largest absolute Gasteiger partial charge is 0.318 e. The molecule has 0 unspecified atom stereocenters. The molecule has 0 amide bonds. The summed E-state index contributed by atoms with van der Waals surface area (Å²) in [4.78, 5) is 4.07. The van der Waals surface area contributed by atoms with E-state index in [-0.39, 0.29) is 11.0 Å². The zero-order valence-electron chi connectivity index (χ0n) is 11.7. The van der Waals surface area contributed by atoms with Gasteiger partial charge in [-0.1, -0.05) is 13.8 Å². The zero-order valence-corrected chi connectivity index (χ0v) is 11.7. The number of aromatic nitrogens is 1. The van der Waals surface area contributed by atoms with E-state index in [4.69, 9.17) is 0 Å². The van der Waals surface area contributed by atoms with E-state index >= 15 is 0 Å². The molecule has 0 bridgehead atoms. The highest BCUT2D eigenvalue weighted by atomic mass is 15.0. The van der Waals surface area contributed by atoms with E-state index in [0.717, 1.165) is 13.1 Å². The highest BCUT2D eigenvalue weighted by Gasteiger charge is 2.24. The molecule has 17 heavy (non-hydrogen) atoms. The minimum atomic E-state index is 0.110. The van der Waals surface area contributed by atoms with Gasteiger partial charge in [-0.2, -0.15) is 0 Å². The van der Waals surface area contributed by atoms with E-state index in [1.54, 1.807) is 0 Å². The Hall–Kier alpha value is -0.930. The number of likely N-dealkylation sites (N-methyl/N-ethyl adjacent to an activating group) is 1. The standard InChI is InChI=1S/C14H25N3/c1-13(2,12-6-8-16-9-7-12)10-17-14(3,4)11-15-5/h6-9,15,17H,10-11H2,1-5H3. The van der Waals surface area contributed by atoms with Crippen LogP contribution in [0.2, 0.25) is 0 Å². The van der Waals surface area contributed by atoms with Gasteiger partial charge in [-0.3, -0.25) is 4.98 Å². The fraction of sp³-hybridized carbons (Fsp3) is 0.643. The van der Waals surface area contributed by atoms with Crippen molar-refractivity contribution in [3.05, 3.63) is 30.1 Å². The molecule has 0 atom stereocenters. The lowest BCUT2D eigenvalue weighted by Gasteiger charge is -2.33. The molecule has 0 aliphatic carbocycles. The molecule has 1 aromatic heterocycles. The van der Waals surface area contributed by atoms with E-state index in [1.165, 1.54) is 5.56 Å². The minimum Gasteiger partial charge on any atom is -0.318 e. The summed E-state index contributed by atoms with van der Waals surface area (Å²) in [6, 6.07) is 4.18. The first-order chi connectivity index (χ1) is 7.87. The lowest BCUT2D eigenvalue weighted by Crippen LogP contribution is -2.50. The first kappa shape index (κ1) is 14.1. The summed E-state index contributed by atoms with van der Waals surface area (Å²) < 4.78 is 0. The number of hydrogen-bond acceptors (Lipinski definition) is 3. The smallest absolute Gasteiger partial charge is 0.0270 e. The maximum Gasteiger partial charge on any atom is 0.0270 e. The predicted octanol–water partition coefficient (Wildman–Crippen LogP) is 1.95. The van der Waals surface area contributed by atoms with Crippen LogP contribution in [0.4, 0.5) is 0 Å². The first-order valence-corrected chi connectivity index (χ1v) is 6.17. The molecule has 1 aromatic rings. The molecule has 96 valence electrons. The van der Waals surface area contributed by atoms with Gasteiger partial charge in [-0.05, 0) is 38.6 Å². The van der Waals surface area contributed by atoms with Crippen LogP contribution in [-0.4, -0.2) is 30.7 Å². The van der Waals surface area contributed by atoms with Crippen LogP contribution in [0.3, 0.4) is 0 Å². The van der Waals surface area contributed by atoms with E-state index in [9.17, 15) is 0 Å². The summed E-state index contributed by atoms with van der Waals surface area (Å²) in [5.41, 5.74) is 1.55. The quantitative estimate of drug-likeness (QED) is 0.791. The maximum atomic E-state index is 4.07. The molecule has 2 N–H and O–H groups in total. The average molecular weight is 235 g/mol. The topological polar surface area (TPSA) is 37.0 Å². The van der Waals surface area contributed by atoms with Gasteiger partial charge >= 0.3 is 0 Å². The van der Waals surface area contributed by atoms with Gasteiger partial charge in [-0.25, -0.2) is 0 Å². The zero-order chi connectivity index (χ0) is 12.9. The second kappa shape index (κ2) is 5.61. The molecular weight excluding hydrogens is 210 g/mol. The summed E-state index contributed by atoms with van der Waals surface area (Å²) in [6.45, 7) is 10.8. The Balaban J connectivity index is 2.62. The van der Waals surface area contributed by atoms with Crippen LogP contribution in [0, 0.1) is 0 Å². The number of hydrogen-bond donors (Lipinski definition) is 2.